The van der Waals surface area contributed by atoms with Crippen molar-refractivity contribution in [1.29, 1.82) is 0 Å². The third kappa shape index (κ3) is 1.64. The number of rotatable bonds is 1. The second-order valence-electron chi connectivity index (χ2n) is 4.18. The Morgan fingerprint density at radius 3 is 2.75 bits per heavy atom. The number of halogens is 1. The molecule has 0 aromatic heterocycles. The van der Waals surface area contributed by atoms with Crippen molar-refractivity contribution in [3.05, 3.63) is 29.6 Å². The van der Waals surface area contributed by atoms with Gasteiger partial charge in [0.2, 0.25) is 0 Å². The van der Waals surface area contributed by atoms with Crippen LogP contribution < -0.4 is 5.32 Å². The van der Waals surface area contributed by atoms with Crippen molar-refractivity contribution in [2.24, 2.45) is 5.92 Å². The molecule has 0 amide bonds. The van der Waals surface area contributed by atoms with Gasteiger partial charge in [0.1, 0.15) is 10.7 Å². The lowest BCUT2D eigenvalue weighted by atomic mass is 9.95. The summed E-state index contributed by atoms with van der Waals surface area (Å²) < 4.78 is 37.4. The van der Waals surface area contributed by atoms with Crippen molar-refractivity contribution < 1.29 is 12.8 Å². The summed E-state index contributed by atoms with van der Waals surface area (Å²) in [6.45, 7) is 1.85. The van der Waals surface area contributed by atoms with Crippen LogP contribution in [0.25, 0.3) is 0 Å². The van der Waals surface area contributed by atoms with Crippen LogP contribution in [0, 0.1) is 11.7 Å². The van der Waals surface area contributed by atoms with E-state index in [0.29, 0.717) is 5.56 Å². The van der Waals surface area contributed by atoms with E-state index < -0.39 is 15.7 Å². The lowest BCUT2D eigenvalue weighted by Gasteiger charge is -2.30. The maximum atomic E-state index is 13.6. The van der Waals surface area contributed by atoms with Crippen molar-refractivity contribution >= 4 is 9.84 Å². The van der Waals surface area contributed by atoms with E-state index in [1.807, 2.05) is 6.92 Å². The van der Waals surface area contributed by atoms with Crippen LogP contribution in [0.1, 0.15) is 18.5 Å². The van der Waals surface area contributed by atoms with E-state index in [4.69, 9.17) is 0 Å². The van der Waals surface area contributed by atoms with Gasteiger partial charge in [-0.15, -0.1) is 0 Å². The minimum Gasteiger partial charge on any atom is -0.313 e. The van der Waals surface area contributed by atoms with Crippen LogP contribution in [0.2, 0.25) is 0 Å². The molecular weight excluding hydrogens is 229 g/mol. The Hall–Kier alpha value is -0.940. The van der Waals surface area contributed by atoms with Crippen LogP contribution in [-0.2, 0) is 9.84 Å². The van der Waals surface area contributed by atoms with E-state index in [-0.39, 0.29) is 22.6 Å². The van der Waals surface area contributed by atoms with Gasteiger partial charge in [-0.05, 0) is 24.6 Å². The smallest absolute Gasteiger partial charge is 0.181 e. The Bertz CT molecular complexity index is 513. The Morgan fingerprint density at radius 2 is 2.12 bits per heavy atom. The SMILES string of the molecule is CNC1c2cccc(F)c2S(=O)(=O)CC1C. The molecule has 2 unspecified atom stereocenters. The fraction of sp³-hybridized carbons (Fsp3) is 0.455. The van der Waals surface area contributed by atoms with Gasteiger partial charge >= 0.3 is 0 Å². The Balaban J connectivity index is 2.72. The second-order valence-corrected chi connectivity index (χ2v) is 6.15. The first kappa shape index (κ1) is 11.5. The molecule has 2 rings (SSSR count). The van der Waals surface area contributed by atoms with E-state index in [2.05, 4.69) is 5.32 Å². The number of fused-ring (bicyclic) bond motifs is 1. The maximum Gasteiger partial charge on any atom is 0.181 e. The first-order chi connectivity index (χ1) is 7.47. The van der Waals surface area contributed by atoms with E-state index >= 15 is 0 Å². The highest BCUT2D eigenvalue weighted by atomic mass is 32.2. The normalized spacial score (nSPS) is 27.4. The van der Waals surface area contributed by atoms with Crippen molar-refractivity contribution in [3.63, 3.8) is 0 Å². The molecule has 1 aliphatic rings. The molecule has 0 radical (unpaired) electrons. The monoisotopic (exact) mass is 243 g/mol. The predicted molar refractivity (Wildman–Crippen MR) is 59.4 cm³/mol. The number of hydrogen-bond acceptors (Lipinski definition) is 3. The molecule has 1 heterocycles. The standard InChI is InChI=1S/C11H14FNO2S/c1-7-6-16(14,15)11-8(10(7)13-2)4-3-5-9(11)12/h3-5,7,10,13H,6H2,1-2H3. The molecule has 1 N–H and O–H groups in total. The summed E-state index contributed by atoms with van der Waals surface area (Å²) >= 11 is 0. The maximum absolute atomic E-state index is 13.6. The van der Waals surface area contributed by atoms with E-state index in [0.717, 1.165) is 0 Å². The Morgan fingerprint density at radius 1 is 1.44 bits per heavy atom. The largest absolute Gasteiger partial charge is 0.313 e. The summed E-state index contributed by atoms with van der Waals surface area (Å²) in [4.78, 5) is -0.132. The molecule has 16 heavy (non-hydrogen) atoms. The fourth-order valence-corrected chi connectivity index (χ4v) is 4.34. The lowest BCUT2D eigenvalue weighted by molar-refractivity contribution is 0.413. The highest BCUT2D eigenvalue weighted by molar-refractivity contribution is 7.91. The average molecular weight is 243 g/mol. The molecule has 0 bridgehead atoms. The van der Waals surface area contributed by atoms with Crippen LogP contribution in [0.4, 0.5) is 4.39 Å². The number of benzene rings is 1. The average Bonchev–Trinajstić information content (AvgIpc) is 2.16. The van der Waals surface area contributed by atoms with Crippen molar-refractivity contribution in [2.75, 3.05) is 12.8 Å². The van der Waals surface area contributed by atoms with Gasteiger partial charge in [0.05, 0.1) is 5.75 Å². The van der Waals surface area contributed by atoms with Gasteiger partial charge < -0.3 is 5.32 Å². The molecule has 88 valence electrons. The van der Waals surface area contributed by atoms with Gasteiger partial charge in [-0.2, -0.15) is 0 Å². The van der Waals surface area contributed by atoms with Crippen molar-refractivity contribution in [1.82, 2.24) is 5.32 Å². The molecule has 0 saturated heterocycles. The second kappa shape index (κ2) is 3.82. The molecule has 1 aliphatic heterocycles. The van der Waals surface area contributed by atoms with Gasteiger partial charge in [0.25, 0.3) is 0 Å². The van der Waals surface area contributed by atoms with Crippen LogP contribution in [-0.4, -0.2) is 21.2 Å². The zero-order chi connectivity index (χ0) is 11.9. The zero-order valence-corrected chi connectivity index (χ0v) is 10.0. The highest BCUT2D eigenvalue weighted by Gasteiger charge is 2.36. The Labute approximate surface area is 94.6 Å². The van der Waals surface area contributed by atoms with Crippen LogP contribution in [0.15, 0.2) is 23.1 Å². The molecule has 1 aromatic rings. The quantitative estimate of drug-likeness (QED) is 0.813. The third-order valence-corrected chi connectivity index (χ3v) is 5.02. The molecular formula is C11H14FNO2S. The summed E-state index contributed by atoms with van der Waals surface area (Å²) in [6, 6.07) is 4.31. The number of nitrogens with one attached hydrogen (secondary N) is 1. The number of hydrogen-bond donors (Lipinski definition) is 1. The predicted octanol–water partition coefficient (Wildman–Crippen LogP) is 1.51. The molecule has 0 spiro atoms. The summed E-state index contributed by atoms with van der Waals surface area (Å²) in [7, 11) is -1.72. The molecule has 5 heteroatoms. The van der Waals surface area contributed by atoms with E-state index in [1.165, 1.54) is 6.07 Å². The summed E-state index contributed by atoms with van der Waals surface area (Å²) in [5.41, 5.74) is 0.543. The molecule has 0 fully saturated rings. The summed E-state index contributed by atoms with van der Waals surface area (Å²) in [5, 5.41) is 3.04. The lowest BCUT2D eigenvalue weighted by Crippen LogP contribution is -2.35. The molecule has 0 aliphatic carbocycles. The molecule has 2 atom stereocenters. The molecule has 0 saturated carbocycles. The number of sulfone groups is 1. The molecule has 3 nitrogen and oxygen atoms in total. The fourth-order valence-electron chi connectivity index (χ4n) is 2.37. The van der Waals surface area contributed by atoms with Gasteiger partial charge in [-0.25, -0.2) is 12.8 Å². The molecule has 1 aromatic carbocycles. The van der Waals surface area contributed by atoms with Gasteiger partial charge in [0.15, 0.2) is 9.84 Å². The first-order valence-corrected chi connectivity index (χ1v) is 6.81. The summed E-state index contributed by atoms with van der Waals surface area (Å²) in [6.07, 6.45) is 0. The first-order valence-electron chi connectivity index (χ1n) is 5.16. The van der Waals surface area contributed by atoms with Crippen LogP contribution in [0.5, 0.6) is 0 Å². The van der Waals surface area contributed by atoms with Crippen molar-refractivity contribution in [3.8, 4) is 0 Å². The van der Waals surface area contributed by atoms with Crippen LogP contribution in [0.3, 0.4) is 0 Å². The van der Waals surface area contributed by atoms with Crippen molar-refractivity contribution in [2.45, 2.75) is 17.9 Å². The Kier molecular flexibility index (Phi) is 2.75. The minimum absolute atomic E-state index is 0.00750. The van der Waals surface area contributed by atoms with Gasteiger partial charge in [-0.3, -0.25) is 0 Å². The highest BCUT2D eigenvalue weighted by Crippen LogP contribution is 2.36. The van der Waals surface area contributed by atoms with E-state index in [9.17, 15) is 12.8 Å². The van der Waals surface area contributed by atoms with Crippen LogP contribution >= 0.6 is 0 Å². The van der Waals surface area contributed by atoms with E-state index in [1.54, 1.807) is 19.2 Å². The summed E-state index contributed by atoms with van der Waals surface area (Å²) in [5.74, 6) is -0.708. The van der Waals surface area contributed by atoms with Gasteiger partial charge in [0, 0.05) is 6.04 Å². The third-order valence-electron chi connectivity index (χ3n) is 3.01. The minimum atomic E-state index is -3.48. The van der Waals surface area contributed by atoms with Gasteiger partial charge in [-0.1, -0.05) is 19.1 Å². The zero-order valence-electron chi connectivity index (χ0n) is 9.20. The topological polar surface area (TPSA) is 46.2 Å².